The van der Waals surface area contributed by atoms with E-state index >= 15 is 0 Å². The Hall–Kier alpha value is -4.32. The van der Waals surface area contributed by atoms with E-state index in [2.05, 4.69) is 10.0 Å². The Morgan fingerprint density at radius 2 is 1.76 bits per heavy atom. The molecule has 0 saturated carbocycles. The Morgan fingerprint density at radius 1 is 1.03 bits per heavy atom. The highest BCUT2D eigenvalue weighted by Crippen LogP contribution is 2.33. The smallest absolute Gasteiger partial charge is 0.271 e. The van der Waals surface area contributed by atoms with Crippen LogP contribution >= 0.6 is 0 Å². The number of fused-ring (bicyclic) bond motifs is 1. The molecule has 2 N–H and O–H groups in total. The molecule has 0 saturated heterocycles. The lowest BCUT2D eigenvalue weighted by Gasteiger charge is -2.19. The van der Waals surface area contributed by atoms with E-state index in [0.717, 1.165) is 12.1 Å². The number of hydrogen-bond donors (Lipinski definition) is 2. The molecule has 11 nitrogen and oxygen atoms in total. The van der Waals surface area contributed by atoms with Crippen LogP contribution in [0.5, 0.6) is 17.2 Å². The summed E-state index contributed by atoms with van der Waals surface area (Å²) < 4.78 is 44.5. The summed E-state index contributed by atoms with van der Waals surface area (Å²) in [6.45, 7) is 0.817. The fraction of sp³-hybridized carbons (Fsp3) is 0.136. The minimum absolute atomic E-state index is 0.0221. The maximum absolute atomic E-state index is 13.1. The number of carbonyl (C=O) groups excluding carboxylic acids is 1. The number of nitro groups is 1. The molecule has 1 amide bonds. The largest absolute Gasteiger partial charge is 0.495 e. The summed E-state index contributed by atoms with van der Waals surface area (Å²) in [7, 11) is -3.10. The van der Waals surface area contributed by atoms with Gasteiger partial charge in [-0.3, -0.25) is 19.6 Å². The summed E-state index contributed by atoms with van der Waals surface area (Å²) in [4.78, 5) is 22.9. The van der Waals surface area contributed by atoms with Crippen molar-refractivity contribution < 1.29 is 32.3 Å². The number of amides is 1. The number of hydrogen-bond acceptors (Lipinski definition) is 8. The van der Waals surface area contributed by atoms with Crippen molar-refractivity contribution in [2.75, 3.05) is 30.4 Å². The standard InChI is InChI=1S/C22H19N3O8S/c1-31-19-9-7-15(25(27)28)13-21(19)34(29,30)24-17-5-3-2-4-16(17)22(26)23-14-6-8-18-20(12-14)33-11-10-32-18/h2-9,12-13,24H,10-11H2,1H3,(H,23,26). The Morgan fingerprint density at radius 3 is 2.50 bits per heavy atom. The lowest BCUT2D eigenvalue weighted by atomic mass is 10.1. The van der Waals surface area contributed by atoms with Crippen molar-refractivity contribution in [1.82, 2.24) is 0 Å². The van der Waals surface area contributed by atoms with Gasteiger partial charge in [0.1, 0.15) is 23.9 Å². The van der Waals surface area contributed by atoms with E-state index in [1.807, 2.05) is 0 Å². The van der Waals surface area contributed by atoms with Gasteiger partial charge >= 0.3 is 0 Å². The van der Waals surface area contributed by atoms with Gasteiger partial charge in [0, 0.05) is 23.9 Å². The first-order chi connectivity index (χ1) is 16.3. The molecular weight excluding hydrogens is 466 g/mol. The van der Waals surface area contributed by atoms with Crippen molar-refractivity contribution in [3.63, 3.8) is 0 Å². The number of ether oxygens (including phenoxy) is 3. The summed E-state index contributed by atoms with van der Waals surface area (Å²) in [5.41, 5.74) is 0.00883. The van der Waals surface area contributed by atoms with Gasteiger partial charge in [-0.25, -0.2) is 8.42 Å². The number of nitro benzene ring substituents is 1. The number of rotatable bonds is 7. The van der Waals surface area contributed by atoms with Crippen LogP contribution in [0.4, 0.5) is 17.1 Å². The number of methoxy groups -OCH3 is 1. The van der Waals surface area contributed by atoms with E-state index in [1.54, 1.807) is 30.3 Å². The van der Waals surface area contributed by atoms with Crippen molar-refractivity contribution in [3.05, 3.63) is 76.3 Å². The first kappa shape index (κ1) is 22.9. The average Bonchev–Trinajstić information content (AvgIpc) is 2.83. The molecule has 3 aromatic carbocycles. The Kier molecular flexibility index (Phi) is 6.23. The predicted octanol–water partition coefficient (Wildman–Crippen LogP) is 3.43. The van der Waals surface area contributed by atoms with Crippen molar-refractivity contribution in [1.29, 1.82) is 0 Å². The van der Waals surface area contributed by atoms with Crippen LogP contribution in [0, 0.1) is 10.1 Å². The zero-order valence-corrected chi connectivity index (χ0v) is 18.6. The van der Waals surface area contributed by atoms with E-state index in [4.69, 9.17) is 14.2 Å². The zero-order chi connectivity index (χ0) is 24.3. The van der Waals surface area contributed by atoms with E-state index in [-0.39, 0.29) is 17.0 Å². The number of non-ortho nitro benzene ring substituents is 1. The molecule has 4 rings (SSSR count). The van der Waals surface area contributed by atoms with Crippen LogP contribution in [0.25, 0.3) is 0 Å². The second-order valence-corrected chi connectivity index (χ2v) is 8.71. The van der Waals surface area contributed by atoms with Crippen molar-refractivity contribution in [2.24, 2.45) is 0 Å². The molecule has 1 aliphatic rings. The molecule has 0 atom stereocenters. The molecule has 0 bridgehead atoms. The normalized spacial score (nSPS) is 12.5. The maximum atomic E-state index is 13.1. The minimum atomic E-state index is -4.35. The third-order valence-electron chi connectivity index (χ3n) is 4.86. The zero-order valence-electron chi connectivity index (χ0n) is 17.8. The molecule has 12 heteroatoms. The maximum Gasteiger partial charge on any atom is 0.271 e. The highest BCUT2D eigenvalue weighted by Gasteiger charge is 2.25. The number of nitrogens with one attached hydrogen (secondary N) is 2. The molecule has 0 spiro atoms. The number of nitrogens with zero attached hydrogens (tertiary/aromatic N) is 1. The van der Waals surface area contributed by atoms with Crippen LogP contribution in [-0.4, -0.2) is 39.6 Å². The first-order valence-electron chi connectivity index (χ1n) is 9.94. The molecule has 0 unspecified atom stereocenters. The van der Waals surface area contributed by atoms with Gasteiger partial charge in [0.05, 0.1) is 23.3 Å². The third kappa shape index (κ3) is 4.71. The van der Waals surface area contributed by atoms with Crippen LogP contribution in [0.2, 0.25) is 0 Å². The fourth-order valence-corrected chi connectivity index (χ4v) is 4.55. The summed E-state index contributed by atoms with van der Waals surface area (Å²) in [5, 5.41) is 13.8. The lowest BCUT2D eigenvalue weighted by molar-refractivity contribution is -0.385. The van der Waals surface area contributed by atoms with Gasteiger partial charge < -0.3 is 19.5 Å². The third-order valence-corrected chi connectivity index (χ3v) is 6.25. The molecule has 0 radical (unpaired) electrons. The molecule has 1 heterocycles. The van der Waals surface area contributed by atoms with Gasteiger partial charge in [-0.1, -0.05) is 12.1 Å². The highest BCUT2D eigenvalue weighted by molar-refractivity contribution is 7.92. The van der Waals surface area contributed by atoms with Crippen LogP contribution in [-0.2, 0) is 10.0 Å². The Balaban J connectivity index is 1.62. The van der Waals surface area contributed by atoms with E-state index < -0.39 is 31.4 Å². The average molecular weight is 485 g/mol. The summed E-state index contributed by atoms with van der Waals surface area (Å²) in [6, 6.07) is 14.1. The van der Waals surface area contributed by atoms with E-state index in [0.29, 0.717) is 30.4 Å². The second kappa shape index (κ2) is 9.27. The van der Waals surface area contributed by atoms with E-state index in [9.17, 15) is 23.3 Å². The van der Waals surface area contributed by atoms with Gasteiger partial charge in [0.2, 0.25) is 0 Å². The monoisotopic (exact) mass is 485 g/mol. The van der Waals surface area contributed by atoms with Crippen LogP contribution in [0.3, 0.4) is 0 Å². The molecular formula is C22H19N3O8S. The summed E-state index contributed by atoms with van der Waals surface area (Å²) >= 11 is 0. The van der Waals surface area contributed by atoms with Crippen LogP contribution < -0.4 is 24.2 Å². The van der Waals surface area contributed by atoms with Crippen molar-refractivity contribution in [2.45, 2.75) is 4.90 Å². The highest BCUT2D eigenvalue weighted by atomic mass is 32.2. The molecule has 0 aromatic heterocycles. The number of benzene rings is 3. The van der Waals surface area contributed by atoms with Gasteiger partial charge in [0.15, 0.2) is 11.5 Å². The number of sulfonamides is 1. The number of anilines is 2. The van der Waals surface area contributed by atoms with Crippen LogP contribution in [0.15, 0.2) is 65.6 Å². The van der Waals surface area contributed by atoms with Gasteiger partial charge in [0.25, 0.3) is 21.6 Å². The SMILES string of the molecule is COc1ccc([N+](=O)[O-])cc1S(=O)(=O)Nc1ccccc1C(=O)Nc1ccc2c(c1)OCCO2. The van der Waals surface area contributed by atoms with Gasteiger partial charge in [-0.05, 0) is 30.3 Å². The van der Waals surface area contributed by atoms with E-state index in [1.165, 1.54) is 25.3 Å². The molecule has 0 aliphatic carbocycles. The Bertz CT molecular complexity index is 1370. The fourth-order valence-electron chi connectivity index (χ4n) is 3.28. The van der Waals surface area contributed by atoms with Crippen molar-refractivity contribution >= 4 is 33.0 Å². The number of carbonyl (C=O) groups is 1. The minimum Gasteiger partial charge on any atom is -0.495 e. The van der Waals surface area contributed by atoms with Gasteiger partial charge in [-0.2, -0.15) is 0 Å². The Labute approximate surface area is 194 Å². The van der Waals surface area contributed by atoms with Gasteiger partial charge in [-0.15, -0.1) is 0 Å². The topological polar surface area (TPSA) is 146 Å². The van der Waals surface area contributed by atoms with Crippen LogP contribution in [0.1, 0.15) is 10.4 Å². The first-order valence-corrected chi connectivity index (χ1v) is 11.4. The molecule has 176 valence electrons. The quantitative estimate of drug-likeness (QED) is 0.382. The summed E-state index contributed by atoms with van der Waals surface area (Å²) in [6.07, 6.45) is 0. The molecule has 3 aromatic rings. The molecule has 1 aliphatic heterocycles. The lowest BCUT2D eigenvalue weighted by Crippen LogP contribution is -2.19. The second-order valence-electron chi connectivity index (χ2n) is 7.06. The summed E-state index contributed by atoms with van der Waals surface area (Å²) in [5.74, 6) is 0.372. The number of para-hydroxylation sites is 1. The molecule has 0 fully saturated rings. The predicted molar refractivity (Wildman–Crippen MR) is 122 cm³/mol. The molecule has 34 heavy (non-hydrogen) atoms. The van der Waals surface area contributed by atoms with Crippen molar-refractivity contribution in [3.8, 4) is 17.2 Å².